The second kappa shape index (κ2) is 7.11. The van der Waals surface area contributed by atoms with Crippen molar-refractivity contribution in [2.24, 2.45) is 5.92 Å². The standard InChI is InChI=1S/C15H19NO/c1-2-6-14(7-3-1)8-4-10-16-12-15-9-5-11-17-13-15/h1-3,6-7,15-16H,5,9-13H2. The number of hydrogen-bond acceptors (Lipinski definition) is 2. The van der Waals surface area contributed by atoms with Gasteiger partial charge in [0.25, 0.3) is 0 Å². The average Bonchev–Trinajstić information content (AvgIpc) is 2.41. The number of hydrogen-bond donors (Lipinski definition) is 1. The molecule has 0 aromatic heterocycles. The molecule has 2 rings (SSSR count). The van der Waals surface area contributed by atoms with Crippen LogP contribution < -0.4 is 5.32 Å². The van der Waals surface area contributed by atoms with Crippen molar-refractivity contribution in [3.8, 4) is 11.8 Å². The summed E-state index contributed by atoms with van der Waals surface area (Å²) in [6.45, 7) is 3.61. The molecule has 1 atom stereocenters. The first-order chi connectivity index (χ1) is 8.45. The van der Waals surface area contributed by atoms with E-state index in [1.165, 1.54) is 12.8 Å². The molecule has 1 aliphatic rings. The summed E-state index contributed by atoms with van der Waals surface area (Å²) in [7, 11) is 0. The highest BCUT2D eigenvalue weighted by Gasteiger charge is 2.12. The molecule has 0 amide bonds. The minimum Gasteiger partial charge on any atom is -0.381 e. The van der Waals surface area contributed by atoms with E-state index in [1.807, 2.05) is 30.3 Å². The number of nitrogens with one attached hydrogen (secondary N) is 1. The van der Waals surface area contributed by atoms with Gasteiger partial charge in [0.1, 0.15) is 0 Å². The highest BCUT2D eigenvalue weighted by molar-refractivity contribution is 5.33. The Bertz CT molecular complexity index is 371. The fourth-order valence-electron chi connectivity index (χ4n) is 1.97. The van der Waals surface area contributed by atoms with Crippen molar-refractivity contribution in [3.05, 3.63) is 35.9 Å². The zero-order valence-electron chi connectivity index (χ0n) is 10.1. The van der Waals surface area contributed by atoms with Gasteiger partial charge in [-0.3, -0.25) is 0 Å². The lowest BCUT2D eigenvalue weighted by Gasteiger charge is -2.21. The van der Waals surface area contributed by atoms with E-state index in [1.54, 1.807) is 0 Å². The van der Waals surface area contributed by atoms with Crippen molar-refractivity contribution in [2.75, 3.05) is 26.3 Å². The molecular weight excluding hydrogens is 210 g/mol. The van der Waals surface area contributed by atoms with Gasteiger partial charge < -0.3 is 10.1 Å². The molecule has 0 radical (unpaired) electrons. The van der Waals surface area contributed by atoms with E-state index in [-0.39, 0.29) is 0 Å². The van der Waals surface area contributed by atoms with E-state index in [2.05, 4.69) is 17.2 Å². The molecule has 2 nitrogen and oxygen atoms in total. The Labute approximate surface area is 103 Å². The van der Waals surface area contributed by atoms with Crippen LogP contribution in [-0.2, 0) is 4.74 Å². The summed E-state index contributed by atoms with van der Waals surface area (Å²) in [5, 5.41) is 3.37. The van der Waals surface area contributed by atoms with Crippen molar-refractivity contribution in [1.29, 1.82) is 0 Å². The Morgan fingerprint density at radius 2 is 2.18 bits per heavy atom. The van der Waals surface area contributed by atoms with Crippen LogP contribution >= 0.6 is 0 Å². The lowest BCUT2D eigenvalue weighted by atomic mass is 10.0. The van der Waals surface area contributed by atoms with Crippen LogP contribution in [0.4, 0.5) is 0 Å². The Hall–Kier alpha value is -1.30. The molecule has 1 aliphatic heterocycles. The van der Waals surface area contributed by atoms with Crippen molar-refractivity contribution < 1.29 is 4.74 Å². The van der Waals surface area contributed by atoms with Gasteiger partial charge in [0.15, 0.2) is 0 Å². The number of ether oxygens (including phenoxy) is 1. The molecule has 2 heteroatoms. The van der Waals surface area contributed by atoms with Gasteiger partial charge in [-0.1, -0.05) is 30.0 Å². The summed E-state index contributed by atoms with van der Waals surface area (Å²) >= 11 is 0. The molecule has 1 aromatic carbocycles. The van der Waals surface area contributed by atoms with E-state index in [0.29, 0.717) is 5.92 Å². The lowest BCUT2D eigenvalue weighted by molar-refractivity contribution is 0.0553. The van der Waals surface area contributed by atoms with Gasteiger partial charge in [-0.05, 0) is 30.9 Å². The zero-order valence-corrected chi connectivity index (χ0v) is 10.1. The third-order valence-corrected chi connectivity index (χ3v) is 2.91. The first-order valence-corrected chi connectivity index (χ1v) is 6.27. The summed E-state index contributed by atoms with van der Waals surface area (Å²) < 4.78 is 5.43. The van der Waals surface area contributed by atoms with Crippen LogP contribution in [0, 0.1) is 17.8 Å². The molecule has 0 aliphatic carbocycles. The molecule has 17 heavy (non-hydrogen) atoms. The zero-order chi connectivity index (χ0) is 11.8. The van der Waals surface area contributed by atoms with Gasteiger partial charge in [0.2, 0.25) is 0 Å². The van der Waals surface area contributed by atoms with E-state index in [0.717, 1.165) is 31.9 Å². The Balaban J connectivity index is 1.64. The highest BCUT2D eigenvalue weighted by atomic mass is 16.5. The van der Waals surface area contributed by atoms with E-state index in [4.69, 9.17) is 4.74 Å². The molecule has 1 fully saturated rings. The maximum absolute atomic E-state index is 5.43. The smallest absolute Gasteiger partial charge is 0.0580 e. The predicted molar refractivity (Wildman–Crippen MR) is 69.7 cm³/mol. The molecule has 0 spiro atoms. The van der Waals surface area contributed by atoms with Gasteiger partial charge in [-0.25, -0.2) is 0 Å². The van der Waals surface area contributed by atoms with Gasteiger partial charge in [0, 0.05) is 18.7 Å². The van der Waals surface area contributed by atoms with Crippen molar-refractivity contribution in [1.82, 2.24) is 5.32 Å². The topological polar surface area (TPSA) is 21.3 Å². The minimum absolute atomic E-state index is 0.669. The van der Waals surface area contributed by atoms with Crippen LogP contribution in [0.25, 0.3) is 0 Å². The van der Waals surface area contributed by atoms with Crippen LogP contribution in [-0.4, -0.2) is 26.3 Å². The first-order valence-electron chi connectivity index (χ1n) is 6.27. The highest BCUT2D eigenvalue weighted by Crippen LogP contribution is 2.11. The summed E-state index contributed by atoms with van der Waals surface area (Å²) in [4.78, 5) is 0. The van der Waals surface area contributed by atoms with Crippen LogP contribution in [0.5, 0.6) is 0 Å². The summed E-state index contributed by atoms with van der Waals surface area (Å²) in [6, 6.07) is 10.1. The quantitative estimate of drug-likeness (QED) is 0.633. The predicted octanol–water partition coefficient (Wildman–Crippen LogP) is 2.05. The molecule has 1 unspecified atom stereocenters. The Morgan fingerprint density at radius 3 is 2.94 bits per heavy atom. The fourth-order valence-corrected chi connectivity index (χ4v) is 1.97. The SMILES string of the molecule is C(#Cc1ccccc1)CNCC1CCCOC1. The van der Waals surface area contributed by atoms with Crippen molar-refractivity contribution in [2.45, 2.75) is 12.8 Å². The van der Waals surface area contributed by atoms with Gasteiger partial charge in [-0.2, -0.15) is 0 Å². The van der Waals surface area contributed by atoms with E-state index < -0.39 is 0 Å². The number of rotatable bonds is 3. The molecule has 1 N–H and O–H groups in total. The van der Waals surface area contributed by atoms with Crippen LogP contribution in [0.3, 0.4) is 0 Å². The largest absolute Gasteiger partial charge is 0.381 e. The van der Waals surface area contributed by atoms with Gasteiger partial charge in [-0.15, -0.1) is 0 Å². The number of benzene rings is 1. The van der Waals surface area contributed by atoms with Crippen LogP contribution in [0.15, 0.2) is 30.3 Å². The normalized spacial score (nSPS) is 19.4. The van der Waals surface area contributed by atoms with Crippen molar-refractivity contribution in [3.63, 3.8) is 0 Å². The molecule has 1 aromatic rings. The maximum Gasteiger partial charge on any atom is 0.0580 e. The second-order valence-electron chi connectivity index (χ2n) is 4.38. The fraction of sp³-hybridized carbons (Fsp3) is 0.467. The maximum atomic E-state index is 5.43. The Kier molecular flexibility index (Phi) is 5.09. The summed E-state index contributed by atoms with van der Waals surface area (Å²) in [5.74, 6) is 6.95. The van der Waals surface area contributed by atoms with Crippen LogP contribution in [0.1, 0.15) is 18.4 Å². The molecule has 1 saturated heterocycles. The third-order valence-electron chi connectivity index (χ3n) is 2.91. The Morgan fingerprint density at radius 1 is 1.29 bits per heavy atom. The lowest BCUT2D eigenvalue weighted by Crippen LogP contribution is -2.29. The van der Waals surface area contributed by atoms with E-state index in [9.17, 15) is 0 Å². The molecular formula is C15H19NO. The molecule has 0 bridgehead atoms. The molecule has 90 valence electrons. The second-order valence-corrected chi connectivity index (χ2v) is 4.38. The molecule has 0 saturated carbocycles. The van der Waals surface area contributed by atoms with Crippen LogP contribution in [0.2, 0.25) is 0 Å². The van der Waals surface area contributed by atoms with Gasteiger partial charge in [0.05, 0.1) is 13.2 Å². The third kappa shape index (κ3) is 4.60. The molecule has 1 heterocycles. The summed E-state index contributed by atoms with van der Waals surface area (Å²) in [6.07, 6.45) is 2.47. The minimum atomic E-state index is 0.669. The van der Waals surface area contributed by atoms with E-state index >= 15 is 0 Å². The average molecular weight is 229 g/mol. The first kappa shape index (κ1) is 12.2. The van der Waals surface area contributed by atoms with Gasteiger partial charge >= 0.3 is 0 Å². The summed E-state index contributed by atoms with van der Waals surface area (Å²) in [5.41, 5.74) is 1.08. The monoisotopic (exact) mass is 229 g/mol. The van der Waals surface area contributed by atoms with Crippen molar-refractivity contribution >= 4 is 0 Å².